The molecule has 1 aliphatic carbocycles. The van der Waals surface area contributed by atoms with E-state index >= 15 is 0 Å². The first-order chi connectivity index (χ1) is 19.7. The van der Waals surface area contributed by atoms with Gasteiger partial charge in [0.25, 0.3) is 5.91 Å². The van der Waals surface area contributed by atoms with Gasteiger partial charge in [-0.25, -0.2) is 0 Å². The Labute approximate surface area is 241 Å². The number of hydrogen-bond acceptors (Lipinski definition) is 2. The average Bonchev–Trinajstić information content (AvgIpc) is 3.02. The topological polar surface area (TPSA) is 23.6 Å². The second-order valence-corrected chi connectivity index (χ2v) is 11.8. The maximum Gasteiger partial charge on any atom is 0.254 e. The molecule has 0 saturated carbocycles. The Bertz CT molecular complexity index is 1220. The Hall–Kier alpha value is -3.17. The molecule has 0 atom stereocenters. The van der Waals surface area contributed by atoms with E-state index in [9.17, 15) is 4.79 Å². The van der Waals surface area contributed by atoms with E-state index in [1.54, 1.807) is 5.57 Å². The average molecular weight is 535 g/mol. The zero-order valence-corrected chi connectivity index (χ0v) is 24.4. The molecule has 3 nitrogen and oxygen atoms in total. The smallest absolute Gasteiger partial charge is 0.254 e. The first-order valence-electron chi connectivity index (χ1n) is 15.6. The predicted molar refractivity (Wildman–Crippen MR) is 167 cm³/mol. The van der Waals surface area contributed by atoms with Gasteiger partial charge in [0.05, 0.1) is 0 Å². The third-order valence-electron chi connectivity index (χ3n) is 8.75. The van der Waals surface area contributed by atoms with Crippen LogP contribution >= 0.6 is 0 Å². The molecule has 0 spiro atoms. The molecule has 3 aromatic rings. The number of piperidine rings is 1. The van der Waals surface area contributed by atoms with Crippen molar-refractivity contribution in [1.29, 1.82) is 0 Å². The number of aryl methyl sites for hydroxylation is 1. The number of carbonyl (C=O) groups is 1. The Balaban J connectivity index is 1.29. The fraction of sp³-hybridized carbons (Fsp3) is 0.432. The van der Waals surface area contributed by atoms with Crippen LogP contribution < -0.4 is 0 Å². The highest BCUT2D eigenvalue weighted by molar-refractivity contribution is 5.94. The first-order valence-corrected chi connectivity index (χ1v) is 15.6. The number of benzene rings is 3. The molecule has 1 heterocycles. The lowest BCUT2D eigenvalue weighted by Crippen LogP contribution is -2.47. The standard InChI is InChI=1S/C37H46N2O/c1-2-3-6-11-30-16-22-35(23-17-30)37(40)39(29-32-18-20-34(21-19-32)33-14-9-5-10-15-33)36-24-26-38(27-25-36)28-31-12-7-4-8-13-31/h5,9-10,12,14-23,36H,2-4,6-8,11,13,24-29H2,1H3. The number of rotatable bonds is 11. The number of allylic oxidation sites excluding steroid dienone is 1. The van der Waals surface area contributed by atoms with Gasteiger partial charge in [0.15, 0.2) is 0 Å². The Morgan fingerprint density at radius 2 is 1.52 bits per heavy atom. The highest BCUT2D eigenvalue weighted by Crippen LogP contribution is 2.26. The van der Waals surface area contributed by atoms with Crippen LogP contribution in [0.3, 0.4) is 0 Å². The van der Waals surface area contributed by atoms with Crippen LogP contribution in [0.4, 0.5) is 0 Å². The third-order valence-corrected chi connectivity index (χ3v) is 8.75. The number of unbranched alkanes of at least 4 members (excludes halogenated alkanes) is 2. The van der Waals surface area contributed by atoms with Crippen LogP contribution in [0, 0.1) is 0 Å². The van der Waals surface area contributed by atoms with Crippen molar-refractivity contribution in [2.75, 3.05) is 19.6 Å². The van der Waals surface area contributed by atoms with E-state index in [4.69, 9.17) is 0 Å². The van der Waals surface area contributed by atoms with Crippen LogP contribution in [0.25, 0.3) is 11.1 Å². The van der Waals surface area contributed by atoms with Gasteiger partial charge < -0.3 is 4.90 Å². The van der Waals surface area contributed by atoms with Crippen molar-refractivity contribution in [2.45, 2.75) is 83.7 Å². The van der Waals surface area contributed by atoms with Crippen molar-refractivity contribution in [2.24, 2.45) is 0 Å². The minimum absolute atomic E-state index is 0.167. The molecule has 0 bridgehead atoms. The minimum Gasteiger partial charge on any atom is -0.331 e. The molecule has 5 rings (SSSR count). The zero-order chi connectivity index (χ0) is 27.6. The van der Waals surface area contributed by atoms with Crippen molar-refractivity contribution in [3.63, 3.8) is 0 Å². The molecule has 0 unspecified atom stereocenters. The van der Waals surface area contributed by atoms with Crippen LogP contribution in [0.2, 0.25) is 0 Å². The number of amides is 1. The van der Waals surface area contributed by atoms with E-state index in [1.165, 1.54) is 67.2 Å². The second-order valence-electron chi connectivity index (χ2n) is 11.8. The minimum atomic E-state index is 0.167. The second kappa shape index (κ2) is 14.5. The summed E-state index contributed by atoms with van der Waals surface area (Å²) in [6, 6.07) is 28.0. The van der Waals surface area contributed by atoms with Gasteiger partial charge in [-0.3, -0.25) is 9.69 Å². The van der Waals surface area contributed by atoms with Crippen molar-refractivity contribution in [3.8, 4) is 11.1 Å². The Morgan fingerprint density at radius 3 is 2.20 bits per heavy atom. The van der Waals surface area contributed by atoms with Crippen molar-refractivity contribution in [1.82, 2.24) is 9.80 Å². The molecule has 1 amide bonds. The lowest BCUT2D eigenvalue weighted by molar-refractivity contribution is 0.0556. The van der Waals surface area contributed by atoms with Gasteiger partial charge in [0.2, 0.25) is 0 Å². The Morgan fingerprint density at radius 1 is 0.825 bits per heavy atom. The third kappa shape index (κ3) is 7.73. The SMILES string of the molecule is CCCCCc1ccc(C(=O)N(Cc2ccc(-c3ccccc3)cc2)C2CCN(CC3=CCCCC3)CC2)cc1. The first kappa shape index (κ1) is 28.4. The summed E-state index contributed by atoms with van der Waals surface area (Å²) in [5.41, 5.74) is 7.40. The van der Waals surface area contributed by atoms with E-state index in [0.717, 1.165) is 44.5 Å². The van der Waals surface area contributed by atoms with Gasteiger partial charge >= 0.3 is 0 Å². The molecule has 0 radical (unpaired) electrons. The molecule has 1 fully saturated rings. The van der Waals surface area contributed by atoms with Crippen molar-refractivity contribution in [3.05, 3.63) is 107 Å². The fourth-order valence-corrected chi connectivity index (χ4v) is 6.28. The highest BCUT2D eigenvalue weighted by Gasteiger charge is 2.29. The number of likely N-dealkylation sites (tertiary alicyclic amines) is 1. The van der Waals surface area contributed by atoms with E-state index in [-0.39, 0.29) is 11.9 Å². The van der Waals surface area contributed by atoms with Gasteiger partial charge in [-0.1, -0.05) is 98.1 Å². The van der Waals surface area contributed by atoms with Gasteiger partial charge in [-0.2, -0.15) is 0 Å². The summed E-state index contributed by atoms with van der Waals surface area (Å²) in [6.07, 6.45) is 14.5. The normalized spacial score (nSPS) is 16.5. The molecule has 40 heavy (non-hydrogen) atoms. The van der Waals surface area contributed by atoms with E-state index in [0.29, 0.717) is 6.54 Å². The molecule has 0 aromatic heterocycles. The molecule has 3 heteroatoms. The van der Waals surface area contributed by atoms with Crippen molar-refractivity contribution >= 4 is 5.91 Å². The van der Waals surface area contributed by atoms with Crippen LogP contribution in [-0.4, -0.2) is 41.4 Å². The summed E-state index contributed by atoms with van der Waals surface area (Å²) in [7, 11) is 0. The van der Waals surface area contributed by atoms with Crippen LogP contribution in [0.1, 0.15) is 86.2 Å². The van der Waals surface area contributed by atoms with Gasteiger partial charge in [0, 0.05) is 37.8 Å². The van der Waals surface area contributed by atoms with Crippen molar-refractivity contribution < 1.29 is 4.79 Å². The summed E-state index contributed by atoms with van der Waals surface area (Å²) in [5, 5.41) is 0. The maximum atomic E-state index is 14.0. The van der Waals surface area contributed by atoms with E-state index in [2.05, 4.69) is 102 Å². The van der Waals surface area contributed by atoms with E-state index in [1.807, 2.05) is 0 Å². The highest BCUT2D eigenvalue weighted by atomic mass is 16.2. The Kier molecular flexibility index (Phi) is 10.3. The molecular formula is C37H46N2O. The number of hydrogen-bond donors (Lipinski definition) is 0. The molecular weight excluding hydrogens is 488 g/mol. The summed E-state index contributed by atoms with van der Waals surface area (Å²) in [6.45, 7) is 6.14. The summed E-state index contributed by atoms with van der Waals surface area (Å²) in [5.74, 6) is 0.167. The largest absolute Gasteiger partial charge is 0.331 e. The quantitative estimate of drug-likeness (QED) is 0.181. The number of nitrogens with zero attached hydrogens (tertiary/aromatic N) is 2. The fourth-order valence-electron chi connectivity index (χ4n) is 6.28. The molecule has 2 aliphatic rings. The summed E-state index contributed by atoms with van der Waals surface area (Å²) >= 11 is 0. The lowest BCUT2D eigenvalue weighted by Gasteiger charge is -2.39. The molecule has 210 valence electrons. The molecule has 1 aliphatic heterocycles. The van der Waals surface area contributed by atoms with Crippen LogP contribution in [0.5, 0.6) is 0 Å². The lowest BCUT2D eigenvalue weighted by atomic mass is 9.96. The van der Waals surface area contributed by atoms with Crippen LogP contribution in [-0.2, 0) is 13.0 Å². The molecule has 0 N–H and O–H groups in total. The summed E-state index contributed by atoms with van der Waals surface area (Å²) < 4.78 is 0. The monoisotopic (exact) mass is 534 g/mol. The number of carbonyl (C=O) groups excluding carboxylic acids is 1. The molecule has 1 saturated heterocycles. The van der Waals surface area contributed by atoms with Gasteiger partial charge in [0.1, 0.15) is 0 Å². The van der Waals surface area contributed by atoms with Gasteiger partial charge in [-0.05, 0) is 85.8 Å². The molecule has 3 aromatic carbocycles. The zero-order valence-electron chi connectivity index (χ0n) is 24.4. The maximum absolute atomic E-state index is 14.0. The summed E-state index contributed by atoms with van der Waals surface area (Å²) in [4.78, 5) is 18.8. The van der Waals surface area contributed by atoms with Gasteiger partial charge in [-0.15, -0.1) is 0 Å². The predicted octanol–water partition coefficient (Wildman–Crippen LogP) is 8.69. The van der Waals surface area contributed by atoms with Crippen LogP contribution in [0.15, 0.2) is 90.5 Å². The van der Waals surface area contributed by atoms with E-state index < -0.39 is 0 Å².